The Kier molecular flexibility index (Phi) is 3.65. The third kappa shape index (κ3) is 2.77. The van der Waals surface area contributed by atoms with E-state index in [0.717, 1.165) is 47.0 Å². The second-order valence-corrected chi connectivity index (χ2v) is 6.61. The zero-order valence-electron chi connectivity index (χ0n) is 12.4. The van der Waals surface area contributed by atoms with Crippen LogP contribution in [0.5, 0.6) is 0 Å². The fourth-order valence-corrected chi connectivity index (χ4v) is 3.53. The summed E-state index contributed by atoms with van der Waals surface area (Å²) in [5.41, 5.74) is 4.95. The largest absolute Gasteiger partial charge is 0.355 e. The number of H-pyrrole nitrogens is 1. The van der Waals surface area contributed by atoms with Crippen LogP contribution in [-0.2, 0) is 6.42 Å². The normalized spacial score (nSPS) is 18.1. The van der Waals surface area contributed by atoms with Crippen LogP contribution in [0.25, 0.3) is 22.2 Å². The van der Waals surface area contributed by atoms with E-state index in [1.54, 1.807) is 0 Å². The molecule has 1 saturated heterocycles. The van der Waals surface area contributed by atoms with Gasteiger partial charge in [0, 0.05) is 21.6 Å². The molecule has 1 atom stereocenters. The minimum atomic E-state index is 0.775. The predicted octanol–water partition coefficient (Wildman–Crippen LogP) is 4.64. The first kappa shape index (κ1) is 13.9. The Hall–Kier alpha value is -1.77. The lowest BCUT2D eigenvalue weighted by Crippen LogP contribution is -2.10. The average molecular weight is 311 g/mol. The third-order valence-corrected chi connectivity index (χ3v) is 4.74. The van der Waals surface area contributed by atoms with E-state index in [9.17, 15) is 0 Å². The first-order valence-corrected chi connectivity index (χ1v) is 8.24. The zero-order chi connectivity index (χ0) is 14.9. The van der Waals surface area contributed by atoms with Crippen LogP contribution in [0, 0.1) is 5.92 Å². The summed E-state index contributed by atoms with van der Waals surface area (Å²) in [7, 11) is 0. The molecule has 1 aliphatic heterocycles. The van der Waals surface area contributed by atoms with Gasteiger partial charge in [-0.05, 0) is 73.3 Å². The highest BCUT2D eigenvalue weighted by Gasteiger charge is 2.15. The molecule has 0 radical (unpaired) electrons. The first-order chi connectivity index (χ1) is 10.8. The molecule has 0 saturated carbocycles. The van der Waals surface area contributed by atoms with E-state index in [1.807, 2.05) is 18.2 Å². The number of nitrogens with one attached hydrogen (secondary N) is 2. The number of aromatic nitrogens is 1. The smallest absolute Gasteiger partial charge is 0.0464 e. The second-order valence-electron chi connectivity index (χ2n) is 6.18. The van der Waals surface area contributed by atoms with Gasteiger partial charge in [-0.1, -0.05) is 29.8 Å². The van der Waals surface area contributed by atoms with E-state index in [0.29, 0.717) is 0 Å². The molecule has 0 aliphatic carbocycles. The van der Waals surface area contributed by atoms with Crippen molar-refractivity contribution in [3.63, 3.8) is 0 Å². The van der Waals surface area contributed by atoms with E-state index in [2.05, 4.69) is 40.6 Å². The Labute approximate surface area is 135 Å². The molecule has 2 heterocycles. The number of hydrogen-bond donors (Lipinski definition) is 2. The van der Waals surface area contributed by atoms with Gasteiger partial charge in [0.25, 0.3) is 0 Å². The highest BCUT2D eigenvalue weighted by molar-refractivity contribution is 6.31. The molecular weight excluding hydrogens is 292 g/mol. The van der Waals surface area contributed by atoms with Gasteiger partial charge in [0.1, 0.15) is 0 Å². The molecule has 1 aliphatic rings. The lowest BCUT2D eigenvalue weighted by molar-refractivity contribution is 0.580. The van der Waals surface area contributed by atoms with Gasteiger partial charge >= 0.3 is 0 Å². The molecular formula is C19H19ClN2. The van der Waals surface area contributed by atoms with Crippen LogP contribution in [0.4, 0.5) is 0 Å². The predicted molar refractivity (Wildman–Crippen MR) is 93.4 cm³/mol. The van der Waals surface area contributed by atoms with Crippen LogP contribution in [0.1, 0.15) is 12.0 Å². The van der Waals surface area contributed by atoms with Crippen molar-refractivity contribution in [1.82, 2.24) is 10.3 Å². The number of hydrogen-bond acceptors (Lipinski definition) is 1. The lowest BCUT2D eigenvalue weighted by Gasteiger charge is -2.09. The van der Waals surface area contributed by atoms with Gasteiger partial charge in [-0.3, -0.25) is 0 Å². The molecule has 1 unspecified atom stereocenters. The van der Waals surface area contributed by atoms with Gasteiger partial charge in [-0.2, -0.15) is 0 Å². The van der Waals surface area contributed by atoms with E-state index in [4.69, 9.17) is 11.6 Å². The number of halogens is 1. The first-order valence-electron chi connectivity index (χ1n) is 7.86. The molecule has 0 bridgehead atoms. The number of benzene rings is 2. The Bertz CT molecular complexity index is 800. The standard InChI is InChI=1S/C19H19ClN2/c20-17-4-5-18-16(10-17)11-19(22-18)15-3-1-2-13(9-15)8-14-6-7-21-12-14/h1-5,9-11,14,21-22H,6-8,12H2. The Morgan fingerprint density at radius 1 is 1.09 bits per heavy atom. The number of fused-ring (bicyclic) bond motifs is 1. The minimum Gasteiger partial charge on any atom is -0.355 e. The monoisotopic (exact) mass is 310 g/mol. The molecule has 3 heteroatoms. The molecule has 1 fully saturated rings. The number of rotatable bonds is 3. The third-order valence-electron chi connectivity index (χ3n) is 4.51. The summed E-state index contributed by atoms with van der Waals surface area (Å²) >= 11 is 6.07. The lowest BCUT2D eigenvalue weighted by atomic mass is 9.97. The Morgan fingerprint density at radius 2 is 2.05 bits per heavy atom. The molecule has 2 nitrogen and oxygen atoms in total. The van der Waals surface area contributed by atoms with Gasteiger partial charge in [0.15, 0.2) is 0 Å². The molecule has 22 heavy (non-hydrogen) atoms. The second kappa shape index (κ2) is 5.79. The summed E-state index contributed by atoms with van der Waals surface area (Å²) in [6.07, 6.45) is 2.45. The highest BCUT2D eigenvalue weighted by Crippen LogP contribution is 2.27. The van der Waals surface area contributed by atoms with Gasteiger partial charge in [-0.15, -0.1) is 0 Å². The van der Waals surface area contributed by atoms with Gasteiger partial charge in [-0.25, -0.2) is 0 Å². The van der Waals surface area contributed by atoms with Crippen LogP contribution >= 0.6 is 11.6 Å². The topological polar surface area (TPSA) is 27.8 Å². The molecule has 3 aromatic rings. The van der Waals surface area contributed by atoms with Crippen molar-refractivity contribution in [2.75, 3.05) is 13.1 Å². The summed E-state index contributed by atoms with van der Waals surface area (Å²) in [6, 6.07) is 17.0. The maximum absolute atomic E-state index is 6.07. The van der Waals surface area contributed by atoms with Crippen molar-refractivity contribution in [3.05, 3.63) is 59.1 Å². The summed E-state index contributed by atoms with van der Waals surface area (Å²) < 4.78 is 0. The number of aromatic amines is 1. The highest BCUT2D eigenvalue weighted by atomic mass is 35.5. The molecule has 0 spiro atoms. The quantitative estimate of drug-likeness (QED) is 0.724. The van der Waals surface area contributed by atoms with Crippen LogP contribution < -0.4 is 5.32 Å². The van der Waals surface area contributed by atoms with Gasteiger partial charge in [0.05, 0.1) is 0 Å². The molecule has 112 valence electrons. The van der Waals surface area contributed by atoms with Crippen LogP contribution in [0.15, 0.2) is 48.5 Å². The SMILES string of the molecule is Clc1ccc2[nH]c(-c3cccc(CC4CCNC4)c3)cc2c1. The van der Waals surface area contributed by atoms with E-state index in [1.165, 1.54) is 17.5 Å². The van der Waals surface area contributed by atoms with Crippen molar-refractivity contribution in [1.29, 1.82) is 0 Å². The Morgan fingerprint density at radius 3 is 2.91 bits per heavy atom. The van der Waals surface area contributed by atoms with E-state index < -0.39 is 0 Å². The fraction of sp³-hybridized carbons (Fsp3) is 0.263. The maximum atomic E-state index is 6.07. The molecule has 1 aromatic heterocycles. The van der Waals surface area contributed by atoms with Crippen molar-refractivity contribution in [2.24, 2.45) is 5.92 Å². The molecule has 2 N–H and O–H groups in total. The van der Waals surface area contributed by atoms with E-state index >= 15 is 0 Å². The molecule has 0 amide bonds. The van der Waals surface area contributed by atoms with Crippen LogP contribution in [-0.4, -0.2) is 18.1 Å². The van der Waals surface area contributed by atoms with Crippen LogP contribution in [0.2, 0.25) is 5.02 Å². The van der Waals surface area contributed by atoms with Crippen molar-refractivity contribution in [2.45, 2.75) is 12.8 Å². The summed E-state index contributed by atoms with van der Waals surface area (Å²) in [5, 5.41) is 5.38. The summed E-state index contributed by atoms with van der Waals surface area (Å²) in [5.74, 6) is 0.775. The van der Waals surface area contributed by atoms with Crippen molar-refractivity contribution < 1.29 is 0 Å². The fourth-order valence-electron chi connectivity index (χ4n) is 3.35. The maximum Gasteiger partial charge on any atom is 0.0464 e. The summed E-state index contributed by atoms with van der Waals surface area (Å²) in [6.45, 7) is 2.31. The Balaban J connectivity index is 1.65. The van der Waals surface area contributed by atoms with Crippen molar-refractivity contribution in [3.8, 4) is 11.3 Å². The summed E-state index contributed by atoms with van der Waals surface area (Å²) in [4.78, 5) is 3.49. The molecule has 4 rings (SSSR count). The minimum absolute atomic E-state index is 0.775. The van der Waals surface area contributed by atoms with Crippen molar-refractivity contribution >= 4 is 22.5 Å². The zero-order valence-corrected chi connectivity index (χ0v) is 13.2. The van der Waals surface area contributed by atoms with Gasteiger partial charge < -0.3 is 10.3 Å². The van der Waals surface area contributed by atoms with E-state index in [-0.39, 0.29) is 0 Å². The van der Waals surface area contributed by atoms with Gasteiger partial charge in [0.2, 0.25) is 0 Å². The van der Waals surface area contributed by atoms with Crippen LogP contribution in [0.3, 0.4) is 0 Å². The molecule has 2 aromatic carbocycles. The average Bonchev–Trinajstić information content (AvgIpc) is 3.16.